The Morgan fingerprint density at radius 3 is 2.81 bits per heavy atom. The molecular weight excluding hydrogens is 384 g/mol. The second-order valence-corrected chi connectivity index (χ2v) is 4.73. The zero-order valence-electron chi connectivity index (χ0n) is 12.9. The third-order valence-electron chi connectivity index (χ3n) is 2.85. The Morgan fingerprint density at radius 1 is 1.43 bits per heavy atom. The summed E-state index contributed by atoms with van der Waals surface area (Å²) in [5.74, 6) is 0.579. The van der Waals surface area contributed by atoms with E-state index in [2.05, 4.69) is 15.6 Å². The zero-order chi connectivity index (χ0) is 14.8. The molecule has 0 fully saturated rings. The van der Waals surface area contributed by atoms with Crippen molar-refractivity contribution in [3.63, 3.8) is 0 Å². The topological polar surface area (TPSA) is 45.7 Å². The molecule has 1 rings (SSSR count). The van der Waals surface area contributed by atoms with E-state index in [0.717, 1.165) is 30.9 Å². The van der Waals surface area contributed by atoms with Gasteiger partial charge in [-0.25, -0.2) is 4.39 Å². The molecule has 0 spiro atoms. The molecule has 21 heavy (non-hydrogen) atoms. The molecule has 6 heteroatoms. The van der Waals surface area contributed by atoms with E-state index in [9.17, 15) is 4.39 Å². The first-order chi connectivity index (χ1) is 9.65. The SMILES string of the molecule is CN=C(NCCCc1cccc(F)c1)NC(C)COC.I. The number of nitrogens with zero attached hydrogens (tertiary/aromatic N) is 1. The highest BCUT2D eigenvalue weighted by Gasteiger charge is 2.04. The summed E-state index contributed by atoms with van der Waals surface area (Å²) in [5, 5.41) is 6.46. The molecule has 4 nitrogen and oxygen atoms in total. The minimum atomic E-state index is -0.179. The number of ether oxygens (including phenoxy) is 1. The maximum atomic E-state index is 13.0. The molecule has 0 aliphatic heterocycles. The van der Waals surface area contributed by atoms with Crippen LogP contribution in [-0.2, 0) is 11.2 Å². The van der Waals surface area contributed by atoms with Crippen LogP contribution in [0.5, 0.6) is 0 Å². The minimum Gasteiger partial charge on any atom is -0.383 e. The number of methoxy groups -OCH3 is 1. The Morgan fingerprint density at radius 2 is 2.19 bits per heavy atom. The van der Waals surface area contributed by atoms with Crippen molar-refractivity contribution in [1.82, 2.24) is 10.6 Å². The lowest BCUT2D eigenvalue weighted by molar-refractivity contribution is 0.179. The van der Waals surface area contributed by atoms with Crippen molar-refractivity contribution in [2.24, 2.45) is 4.99 Å². The van der Waals surface area contributed by atoms with Gasteiger partial charge in [0.05, 0.1) is 6.61 Å². The zero-order valence-corrected chi connectivity index (χ0v) is 15.2. The summed E-state index contributed by atoms with van der Waals surface area (Å²) in [6, 6.07) is 6.93. The van der Waals surface area contributed by atoms with Crippen LogP contribution >= 0.6 is 24.0 Å². The Hall–Kier alpha value is -0.890. The molecule has 0 saturated heterocycles. The fourth-order valence-corrected chi connectivity index (χ4v) is 1.91. The third-order valence-corrected chi connectivity index (χ3v) is 2.85. The fraction of sp³-hybridized carbons (Fsp3) is 0.533. The van der Waals surface area contributed by atoms with Crippen LogP contribution in [-0.4, -0.2) is 39.3 Å². The summed E-state index contributed by atoms with van der Waals surface area (Å²) >= 11 is 0. The van der Waals surface area contributed by atoms with E-state index in [1.165, 1.54) is 6.07 Å². The maximum absolute atomic E-state index is 13.0. The van der Waals surface area contributed by atoms with E-state index in [4.69, 9.17) is 4.74 Å². The molecule has 0 amide bonds. The highest BCUT2D eigenvalue weighted by Crippen LogP contribution is 2.05. The Bertz CT molecular complexity index is 429. The first-order valence-electron chi connectivity index (χ1n) is 6.86. The van der Waals surface area contributed by atoms with Gasteiger partial charge >= 0.3 is 0 Å². The van der Waals surface area contributed by atoms with E-state index in [0.29, 0.717) is 6.61 Å². The number of hydrogen-bond acceptors (Lipinski definition) is 2. The molecule has 1 atom stereocenters. The molecule has 0 aromatic heterocycles. The van der Waals surface area contributed by atoms with E-state index in [1.54, 1.807) is 26.3 Å². The van der Waals surface area contributed by atoms with Crippen molar-refractivity contribution in [3.05, 3.63) is 35.6 Å². The second-order valence-electron chi connectivity index (χ2n) is 4.73. The molecule has 1 aromatic carbocycles. The number of nitrogens with one attached hydrogen (secondary N) is 2. The number of hydrogen-bond donors (Lipinski definition) is 2. The van der Waals surface area contributed by atoms with Crippen molar-refractivity contribution in [2.45, 2.75) is 25.8 Å². The number of halogens is 2. The molecule has 0 heterocycles. The molecule has 0 bridgehead atoms. The predicted octanol–water partition coefficient (Wildman–Crippen LogP) is 2.58. The van der Waals surface area contributed by atoms with Crippen LogP contribution in [0.2, 0.25) is 0 Å². The number of rotatable bonds is 7. The maximum Gasteiger partial charge on any atom is 0.191 e. The van der Waals surface area contributed by atoms with Crippen LogP contribution in [0, 0.1) is 5.82 Å². The van der Waals surface area contributed by atoms with Crippen LogP contribution in [0.1, 0.15) is 18.9 Å². The molecule has 0 saturated carbocycles. The number of aryl methyl sites for hydroxylation is 1. The van der Waals surface area contributed by atoms with Crippen molar-refractivity contribution in [1.29, 1.82) is 0 Å². The third kappa shape index (κ3) is 8.87. The van der Waals surface area contributed by atoms with Gasteiger partial charge in [0.25, 0.3) is 0 Å². The smallest absolute Gasteiger partial charge is 0.191 e. The van der Waals surface area contributed by atoms with Gasteiger partial charge in [0.15, 0.2) is 5.96 Å². The van der Waals surface area contributed by atoms with Crippen molar-refractivity contribution in [3.8, 4) is 0 Å². The van der Waals surface area contributed by atoms with Crippen molar-refractivity contribution in [2.75, 3.05) is 27.3 Å². The van der Waals surface area contributed by atoms with Crippen molar-refractivity contribution >= 4 is 29.9 Å². The Balaban J connectivity index is 0.00000400. The molecule has 2 N–H and O–H groups in total. The summed E-state index contributed by atoms with van der Waals surface area (Å²) in [7, 11) is 3.41. The molecule has 120 valence electrons. The summed E-state index contributed by atoms with van der Waals surface area (Å²) < 4.78 is 18.1. The van der Waals surface area contributed by atoms with E-state index in [1.807, 2.05) is 13.0 Å². The van der Waals surface area contributed by atoms with Crippen LogP contribution in [0.15, 0.2) is 29.3 Å². The normalized spacial score (nSPS) is 12.5. The number of aliphatic imine (C=N–C) groups is 1. The average Bonchev–Trinajstić information content (AvgIpc) is 2.42. The summed E-state index contributed by atoms with van der Waals surface area (Å²) in [5.41, 5.74) is 1.02. The number of benzene rings is 1. The van der Waals surface area contributed by atoms with Gasteiger partial charge in [-0.2, -0.15) is 0 Å². The van der Waals surface area contributed by atoms with Gasteiger partial charge in [0.2, 0.25) is 0 Å². The van der Waals surface area contributed by atoms with Gasteiger partial charge in [0, 0.05) is 26.7 Å². The largest absolute Gasteiger partial charge is 0.383 e. The van der Waals surface area contributed by atoms with Crippen LogP contribution in [0.3, 0.4) is 0 Å². The highest BCUT2D eigenvalue weighted by molar-refractivity contribution is 14.0. The summed E-state index contributed by atoms with van der Waals surface area (Å²) in [6.45, 7) is 3.45. The fourth-order valence-electron chi connectivity index (χ4n) is 1.91. The van der Waals surface area contributed by atoms with Crippen molar-refractivity contribution < 1.29 is 9.13 Å². The lowest BCUT2D eigenvalue weighted by Gasteiger charge is -2.17. The van der Waals surface area contributed by atoms with Crippen LogP contribution < -0.4 is 10.6 Å². The van der Waals surface area contributed by atoms with Gasteiger partial charge in [-0.05, 0) is 37.5 Å². The Kier molecular flexibility index (Phi) is 11.2. The standard InChI is InChI=1S/C15H24FN3O.HI/c1-12(11-20-3)19-15(17-2)18-9-5-7-13-6-4-8-14(16)10-13;/h4,6,8,10,12H,5,7,9,11H2,1-3H3,(H2,17,18,19);1H. The van der Waals surface area contributed by atoms with E-state index < -0.39 is 0 Å². The second kappa shape index (κ2) is 11.7. The molecule has 0 radical (unpaired) electrons. The Labute approximate surface area is 143 Å². The average molecular weight is 409 g/mol. The minimum absolute atomic E-state index is 0. The van der Waals surface area contributed by atoms with Gasteiger partial charge in [-0.3, -0.25) is 4.99 Å². The van der Waals surface area contributed by atoms with Crippen LogP contribution in [0.25, 0.3) is 0 Å². The van der Waals surface area contributed by atoms with E-state index in [-0.39, 0.29) is 35.8 Å². The molecule has 0 aliphatic rings. The molecule has 1 aromatic rings. The molecule has 1 unspecified atom stereocenters. The van der Waals surface area contributed by atoms with E-state index >= 15 is 0 Å². The van der Waals surface area contributed by atoms with Gasteiger partial charge in [-0.1, -0.05) is 12.1 Å². The molecular formula is C15H25FIN3O. The van der Waals surface area contributed by atoms with Crippen LogP contribution in [0.4, 0.5) is 4.39 Å². The summed E-state index contributed by atoms with van der Waals surface area (Å²) in [4.78, 5) is 4.15. The first-order valence-corrected chi connectivity index (χ1v) is 6.86. The number of guanidine groups is 1. The predicted molar refractivity (Wildman–Crippen MR) is 96.0 cm³/mol. The molecule has 0 aliphatic carbocycles. The van der Waals surface area contributed by atoms with Gasteiger partial charge < -0.3 is 15.4 Å². The van der Waals surface area contributed by atoms with Gasteiger partial charge in [0.1, 0.15) is 5.82 Å². The highest BCUT2D eigenvalue weighted by atomic mass is 127. The summed E-state index contributed by atoms with van der Waals surface area (Å²) in [6.07, 6.45) is 1.76. The quantitative estimate of drug-likeness (QED) is 0.315. The van der Waals surface area contributed by atoms with Gasteiger partial charge in [-0.15, -0.1) is 24.0 Å². The lowest BCUT2D eigenvalue weighted by Crippen LogP contribution is -2.44. The first kappa shape index (κ1) is 20.1. The monoisotopic (exact) mass is 409 g/mol. The lowest BCUT2D eigenvalue weighted by atomic mass is 10.1.